The molecule has 1 fully saturated rings. The van der Waals surface area contributed by atoms with E-state index in [-0.39, 0.29) is 17.4 Å². The van der Waals surface area contributed by atoms with E-state index in [0.29, 0.717) is 12.8 Å². The van der Waals surface area contributed by atoms with Crippen molar-refractivity contribution >= 4 is 28.6 Å². The summed E-state index contributed by atoms with van der Waals surface area (Å²) in [5.41, 5.74) is 4.31. The average Bonchev–Trinajstić information content (AvgIpc) is 2.96. The van der Waals surface area contributed by atoms with Gasteiger partial charge in [0.2, 0.25) is 0 Å². The molecular weight excluding hydrogens is 390 g/mol. The Morgan fingerprint density at radius 2 is 1.65 bits per heavy atom. The van der Waals surface area contributed by atoms with Crippen LogP contribution < -0.4 is 5.32 Å². The quantitative estimate of drug-likeness (QED) is 0.449. The van der Waals surface area contributed by atoms with Gasteiger partial charge in [-0.15, -0.1) is 0 Å². The number of hydrogen-bond donors (Lipinski definition) is 1. The molecule has 6 nitrogen and oxygen atoms in total. The van der Waals surface area contributed by atoms with Crippen LogP contribution in [0.4, 0.5) is 17.1 Å². The maximum atomic E-state index is 13.5. The van der Waals surface area contributed by atoms with Gasteiger partial charge in [-0.25, -0.2) is 0 Å². The molecule has 3 aromatic rings. The predicted molar refractivity (Wildman–Crippen MR) is 120 cm³/mol. The molecule has 1 saturated carbocycles. The van der Waals surface area contributed by atoms with Crippen LogP contribution in [0, 0.1) is 16.0 Å². The molecule has 1 aliphatic carbocycles. The fourth-order valence-electron chi connectivity index (χ4n) is 4.67. The molecule has 3 aromatic carbocycles. The van der Waals surface area contributed by atoms with E-state index in [4.69, 9.17) is 4.99 Å². The number of nitrogens with one attached hydrogen (secondary N) is 1. The minimum atomic E-state index is -0.464. The monoisotopic (exact) mass is 411 g/mol. The Morgan fingerprint density at radius 1 is 0.903 bits per heavy atom. The third-order valence-electron chi connectivity index (χ3n) is 6.13. The lowest BCUT2D eigenvalue weighted by atomic mass is 9.72. The molecule has 1 aliphatic heterocycles. The number of nitro groups is 1. The van der Waals surface area contributed by atoms with E-state index < -0.39 is 16.9 Å². The lowest BCUT2D eigenvalue weighted by Crippen LogP contribution is -2.38. The van der Waals surface area contributed by atoms with Crippen LogP contribution in [0.1, 0.15) is 35.9 Å². The van der Waals surface area contributed by atoms with Crippen molar-refractivity contribution in [1.82, 2.24) is 0 Å². The van der Waals surface area contributed by atoms with E-state index in [9.17, 15) is 14.9 Å². The third-order valence-corrected chi connectivity index (χ3v) is 6.13. The van der Waals surface area contributed by atoms with Gasteiger partial charge in [-0.3, -0.25) is 19.9 Å². The Labute approximate surface area is 179 Å². The summed E-state index contributed by atoms with van der Waals surface area (Å²) in [5.74, 6) is -0.273. The molecule has 3 atom stereocenters. The first-order chi connectivity index (χ1) is 15.1. The van der Waals surface area contributed by atoms with Gasteiger partial charge < -0.3 is 5.32 Å². The van der Waals surface area contributed by atoms with Gasteiger partial charge in [0.1, 0.15) is 5.78 Å². The first kappa shape index (κ1) is 19.2. The highest BCUT2D eigenvalue weighted by Crippen LogP contribution is 2.44. The van der Waals surface area contributed by atoms with E-state index in [2.05, 4.69) is 17.4 Å². The number of para-hydroxylation sites is 2. The second-order valence-electron chi connectivity index (χ2n) is 8.05. The van der Waals surface area contributed by atoms with E-state index >= 15 is 0 Å². The third kappa shape index (κ3) is 3.61. The van der Waals surface area contributed by atoms with Crippen LogP contribution in [-0.2, 0) is 4.79 Å². The molecule has 0 aromatic heterocycles. The summed E-state index contributed by atoms with van der Waals surface area (Å²) in [4.78, 5) is 29.3. The number of non-ortho nitro benzene ring substituents is 1. The molecule has 154 valence electrons. The second-order valence-corrected chi connectivity index (χ2v) is 8.05. The van der Waals surface area contributed by atoms with Crippen molar-refractivity contribution < 1.29 is 9.72 Å². The second kappa shape index (κ2) is 7.80. The number of fused-ring (bicyclic) bond motifs is 2. The lowest BCUT2D eigenvalue weighted by molar-refractivity contribution is -0.384. The van der Waals surface area contributed by atoms with Crippen LogP contribution in [0.25, 0.3) is 0 Å². The first-order valence-electron chi connectivity index (χ1n) is 10.3. The van der Waals surface area contributed by atoms with Gasteiger partial charge in [-0.05, 0) is 35.6 Å². The van der Waals surface area contributed by atoms with Crippen LogP contribution in [0.3, 0.4) is 0 Å². The van der Waals surface area contributed by atoms with E-state index in [1.807, 2.05) is 48.5 Å². The Balaban J connectivity index is 1.60. The number of ketones is 1. The Morgan fingerprint density at radius 3 is 2.45 bits per heavy atom. The predicted octanol–water partition coefficient (Wildman–Crippen LogP) is 5.60. The van der Waals surface area contributed by atoms with Gasteiger partial charge in [0.05, 0.1) is 28.3 Å². The number of rotatable bonds is 3. The highest BCUT2D eigenvalue weighted by molar-refractivity contribution is 6.10. The molecule has 5 rings (SSSR count). The summed E-state index contributed by atoms with van der Waals surface area (Å²) in [5, 5.41) is 14.8. The summed E-state index contributed by atoms with van der Waals surface area (Å²) >= 11 is 0. The number of hydrogen-bond acceptors (Lipinski definition) is 5. The van der Waals surface area contributed by atoms with Gasteiger partial charge in [0.25, 0.3) is 5.69 Å². The van der Waals surface area contributed by atoms with Crippen LogP contribution in [0.5, 0.6) is 0 Å². The summed E-state index contributed by atoms with van der Waals surface area (Å²) in [6, 6.07) is 23.9. The van der Waals surface area contributed by atoms with Crippen LogP contribution in [0.2, 0.25) is 0 Å². The number of carbonyl (C=O) groups is 1. The van der Waals surface area contributed by atoms with Gasteiger partial charge in [-0.1, -0.05) is 54.6 Å². The maximum Gasteiger partial charge on any atom is 0.269 e. The summed E-state index contributed by atoms with van der Waals surface area (Å²) in [6.07, 6.45) is 1.11. The Bertz CT molecular complexity index is 1190. The minimum Gasteiger partial charge on any atom is -0.375 e. The summed E-state index contributed by atoms with van der Waals surface area (Å²) < 4.78 is 0. The van der Waals surface area contributed by atoms with Crippen LogP contribution >= 0.6 is 0 Å². The van der Waals surface area contributed by atoms with Crippen molar-refractivity contribution in [3.05, 3.63) is 100 Å². The fourth-order valence-corrected chi connectivity index (χ4v) is 4.67. The van der Waals surface area contributed by atoms with Crippen LogP contribution in [-0.4, -0.2) is 16.4 Å². The van der Waals surface area contributed by atoms with Gasteiger partial charge >= 0.3 is 0 Å². The van der Waals surface area contributed by atoms with Crippen molar-refractivity contribution in [3.8, 4) is 0 Å². The maximum absolute atomic E-state index is 13.5. The number of nitrogens with zero attached hydrogens (tertiary/aromatic N) is 2. The first-order valence-corrected chi connectivity index (χ1v) is 10.3. The van der Waals surface area contributed by atoms with Crippen molar-refractivity contribution in [2.75, 3.05) is 5.32 Å². The van der Waals surface area contributed by atoms with E-state index in [1.54, 1.807) is 12.1 Å². The van der Waals surface area contributed by atoms with Crippen molar-refractivity contribution in [2.24, 2.45) is 10.9 Å². The van der Waals surface area contributed by atoms with Crippen molar-refractivity contribution in [3.63, 3.8) is 0 Å². The van der Waals surface area contributed by atoms with E-state index in [1.165, 1.54) is 6.07 Å². The van der Waals surface area contributed by atoms with Gasteiger partial charge in [-0.2, -0.15) is 0 Å². The van der Waals surface area contributed by atoms with Gasteiger partial charge in [0.15, 0.2) is 0 Å². The molecule has 3 unspecified atom stereocenters. The molecule has 0 saturated heterocycles. The molecule has 2 aliphatic rings. The normalized spacial score (nSPS) is 22.4. The molecule has 6 heteroatoms. The number of Topliss-reactive ketones (excluding diaryl/α,β-unsaturated/α-hetero) is 1. The smallest absolute Gasteiger partial charge is 0.269 e. The molecule has 0 bridgehead atoms. The molecular formula is C25H21N3O3. The number of nitro benzene ring substituents is 1. The zero-order valence-corrected chi connectivity index (χ0v) is 16.8. The van der Waals surface area contributed by atoms with Crippen LogP contribution in [0.15, 0.2) is 83.9 Å². The van der Waals surface area contributed by atoms with Crippen molar-refractivity contribution in [2.45, 2.75) is 24.8 Å². The fraction of sp³-hybridized carbons (Fsp3) is 0.200. The van der Waals surface area contributed by atoms with E-state index in [0.717, 1.165) is 28.2 Å². The number of benzene rings is 3. The zero-order chi connectivity index (χ0) is 21.4. The van der Waals surface area contributed by atoms with Gasteiger partial charge in [0, 0.05) is 24.3 Å². The minimum absolute atomic E-state index is 0.0146. The molecule has 1 N–H and O–H groups in total. The highest BCUT2D eigenvalue weighted by Gasteiger charge is 2.41. The zero-order valence-electron chi connectivity index (χ0n) is 16.8. The standard InChI is InChI=1S/C25H21N3O3/c29-23-15-18(16-7-2-1-3-8-16)14-22-24(23)25(17-9-6-10-19(13-17)28(30)31)27-21-12-5-4-11-20(21)26-22/h1-13,18,24-25,27H,14-15H2. The highest BCUT2D eigenvalue weighted by atomic mass is 16.6. The average molecular weight is 411 g/mol. The lowest BCUT2D eigenvalue weighted by Gasteiger charge is -2.34. The number of anilines is 1. The Hall–Kier alpha value is -3.80. The topological polar surface area (TPSA) is 84.6 Å². The molecule has 0 spiro atoms. The largest absolute Gasteiger partial charge is 0.375 e. The summed E-state index contributed by atoms with van der Waals surface area (Å²) in [6.45, 7) is 0. The molecule has 0 radical (unpaired) electrons. The SMILES string of the molecule is O=C1CC(c2ccccc2)CC2=Nc3ccccc3NC(c3cccc([N+](=O)[O-])c3)C12. The number of aliphatic imine (C=N–C) groups is 1. The molecule has 1 heterocycles. The molecule has 31 heavy (non-hydrogen) atoms. The summed E-state index contributed by atoms with van der Waals surface area (Å²) in [7, 11) is 0. The Kier molecular flexibility index (Phi) is 4.82. The van der Waals surface area contributed by atoms with Crippen molar-refractivity contribution in [1.29, 1.82) is 0 Å². The molecule has 0 amide bonds. The number of carbonyl (C=O) groups excluding carboxylic acids is 1.